The van der Waals surface area contributed by atoms with Crippen LogP contribution in [0.4, 0.5) is 0 Å². The van der Waals surface area contributed by atoms with E-state index in [1.807, 2.05) is 18.2 Å². The fourth-order valence-corrected chi connectivity index (χ4v) is 7.86. The third-order valence-corrected chi connectivity index (χ3v) is 10.2. The van der Waals surface area contributed by atoms with Gasteiger partial charge < -0.3 is 10.2 Å². The summed E-state index contributed by atoms with van der Waals surface area (Å²) in [7, 11) is -2.78. The molecule has 184 valence electrons. The maximum Gasteiger partial charge on any atom is 0.0811 e. The third kappa shape index (κ3) is 5.02. The van der Waals surface area contributed by atoms with Crippen molar-refractivity contribution in [2.45, 2.75) is 75.9 Å². The second-order valence-electron chi connectivity index (χ2n) is 10.7. The topological polar surface area (TPSA) is 81.4 Å². The van der Waals surface area contributed by atoms with Crippen LogP contribution in [0, 0.1) is 22.0 Å². The van der Waals surface area contributed by atoms with Gasteiger partial charge in [0.1, 0.15) is 0 Å². The first kappa shape index (κ1) is 25.2. The van der Waals surface area contributed by atoms with E-state index >= 15 is 0 Å². The van der Waals surface area contributed by atoms with Crippen LogP contribution in [0.5, 0.6) is 0 Å². The van der Waals surface area contributed by atoms with Gasteiger partial charge in [0, 0.05) is 17.1 Å². The number of aliphatic hydroxyl groups excluding tert-OH is 2. The normalized spacial score (nSPS) is 34.5. The van der Waals surface area contributed by atoms with E-state index in [-0.39, 0.29) is 5.41 Å². The van der Waals surface area contributed by atoms with E-state index < -0.39 is 21.9 Å². The summed E-state index contributed by atoms with van der Waals surface area (Å²) in [5.41, 5.74) is 4.69. The Hall–Kier alpha value is -1.95. The van der Waals surface area contributed by atoms with Crippen LogP contribution in [0.1, 0.15) is 58.8 Å². The van der Waals surface area contributed by atoms with Crippen molar-refractivity contribution in [1.82, 2.24) is 0 Å². The molecule has 34 heavy (non-hydrogen) atoms. The molecule has 3 N–H and O–H groups in total. The molecule has 0 spiro atoms. The van der Waals surface area contributed by atoms with Crippen LogP contribution in [-0.2, 0) is 9.73 Å². The largest absolute Gasteiger partial charge is 0.393 e. The van der Waals surface area contributed by atoms with Gasteiger partial charge in [0.25, 0.3) is 0 Å². The molecule has 3 aliphatic rings. The zero-order chi connectivity index (χ0) is 24.5. The molecule has 2 unspecified atom stereocenters. The summed E-state index contributed by atoms with van der Waals surface area (Å²) < 4.78 is 21.5. The van der Waals surface area contributed by atoms with Crippen molar-refractivity contribution < 1.29 is 14.4 Å². The molecule has 5 heteroatoms. The molecule has 1 aromatic rings. The maximum absolute atomic E-state index is 13.0. The number of fused-ring (bicyclic) bond motifs is 1. The highest BCUT2D eigenvalue weighted by molar-refractivity contribution is 7.92. The molecule has 1 aromatic carbocycles. The van der Waals surface area contributed by atoms with Crippen molar-refractivity contribution in [3.05, 3.63) is 77.4 Å². The summed E-state index contributed by atoms with van der Waals surface area (Å²) in [5.74, 6) is 1.14. The lowest BCUT2D eigenvalue weighted by Gasteiger charge is -2.42. The molecular weight excluding hydrogens is 442 g/mol. The molecule has 2 saturated carbocycles. The highest BCUT2D eigenvalue weighted by Crippen LogP contribution is 2.57. The van der Waals surface area contributed by atoms with Crippen LogP contribution < -0.4 is 0 Å². The molecule has 4 nitrogen and oxygen atoms in total. The molecule has 0 aliphatic heterocycles. The van der Waals surface area contributed by atoms with Gasteiger partial charge in [-0.05, 0) is 79.1 Å². The van der Waals surface area contributed by atoms with Crippen LogP contribution in [0.25, 0.3) is 0 Å². The zero-order valence-electron chi connectivity index (χ0n) is 20.5. The first-order valence-electron chi connectivity index (χ1n) is 12.6. The predicted molar refractivity (Wildman–Crippen MR) is 139 cm³/mol. The van der Waals surface area contributed by atoms with Crippen molar-refractivity contribution >= 4 is 9.73 Å². The first-order valence-corrected chi connectivity index (χ1v) is 14.3. The molecule has 0 radical (unpaired) electrons. The van der Waals surface area contributed by atoms with Crippen LogP contribution >= 0.6 is 0 Å². The predicted octanol–water partition coefficient (Wildman–Crippen LogP) is 6.18. The van der Waals surface area contributed by atoms with E-state index in [1.165, 1.54) is 11.1 Å². The quantitative estimate of drug-likeness (QED) is 0.424. The van der Waals surface area contributed by atoms with Gasteiger partial charge in [-0.3, -0.25) is 0 Å². The van der Waals surface area contributed by atoms with Crippen LogP contribution in [-0.4, -0.2) is 32.4 Å². The lowest BCUT2D eigenvalue weighted by molar-refractivity contribution is 0.0862. The molecule has 0 amide bonds. The lowest BCUT2D eigenvalue weighted by atomic mass is 9.62. The van der Waals surface area contributed by atoms with E-state index in [2.05, 4.69) is 38.7 Å². The van der Waals surface area contributed by atoms with E-state index in [4.69, 9.17) is 4.78 Å². The SMILES string of the molecule is C=C1/C(=C\C=C2/CCC[C@]3(C)C([C@H](C)CCS(=N)(=O)c4ccccc4)=CCC23)C[C@@H](O)C[C@@H]1O. The molecule has 0 saturated heterocycles. The van der Waals surface area contributed by atoms with Crippen molar-refractivity contribution in [1.29, 1.82) is 4.78 Å². The molecule has 4 rings (SSSR count). The number of aliphatic hydroxyl groups is 2. The first-order chi connectivity index (χ1) is 16.1. The van der Waals surface area contributed by atoms with Crippen LogP contribution in [0.3, 0.4) is 0 Å². The second-order valence-corrected chi connectivity index (χ2v) is 12.9. The molecule has 3 aliphatic carbocycles. The van der Waals surface area contributed by atoms with Crippen LogP contribution in [0.15, 0.2) is 82.3 Å². The van der Waals surface area contributed by atoms with E-state index in [9.17, 15) is 14.4 Å². The molecule has 0 heterocycles. The van der Waals surface area contributed by atoms with Crippen molar-refractivity contribution in [2.24, 2.45) is 17.3 Å². The van der Waals surface area contributed by atoms with Gasteiger partial charge in [-0.15, -0.1) is 0 Å². The Morgan fingerprint density at radius 3 is 2.74 bits per heavy atom. The van der Waals surface area contributed by atoms with Gasteiger partial charge in [0.15, 0.2) is 0 Å². The number of benzene rings is 1. The van der Waals surface area contributed by atoms with Gasteiger partial charge in [0.2, 0.25) is 0 Å². The fraction of sp³-hybridized carbons (Fsp3) is 0.517. The molecular formula is C29H39NO3S. The standard InChI is InChI=1S/C29H39NO3S/c1-20(15-17-34(30,33)25-9-5-4-6-10-25)26-13-14-27-22(8-7-16-29(26,27)3)11-12-23-18-24(31)19-28(32)21(23)2/h4-6,9-13,20,24,27-28,30-32H,2,7-8,14-19H2,1,3H3/b22-11+,23-12-/t20-,24-,27?,28+,29-,34?/m1/s1. The van der Waals surface area contributed by atoms with Crippen LogP contribution in [0.2, 0.25) is 0 Å². The number of allylic oxidation sites excluding steroid dienone is 5. The Bertz CT molecular complexity index is 1120. The Morgan fingerprint density at radius 1 is 1.26 bits per heavy atom. The van der Waals surface area contributed by atoms with Gasteiger partial charge in [-0.2, -0.15) is 0 Å². The summed E-state index contributed by atoms with van der Waals surface area (Å²) in [6, 6.07) is 9.21. The fourth-order valence-electron chi connectivity index (χ4n) is 6.34. The van der Waals surface area contributed by atoms with E-state index in [1.54, 1.807) is 12.1 Å². The summed E-state index contributed by atoms with van der Waals surface area (Å²) in [5, 5.41) is 20.2. The second kappa shape index (κ2) is 9.96. The summed E-state index contributed by atoms with van der Waals surface area (Å²) in [6.07, 6.45) is 11.6. The smallest absolute Gasteiger partial charge is 0.0811 e. The Morgan fingerprint density at radius 2 is 2.00 bits per heavy atom. The third-order valence-electron chi connectivity index (χ3n) is 8.37. The average molecular weight is 482 g/mol. The zero-order valence-corrected chi connectivity index (χ0v) is 21.3. The maximum atomic E-state index is 13.0. The van der Waals surface area contributed by atoms with Crippen molar-refractivity contribution in [3.8, 4) is 0 Å². The minimum atomic E-state index is -2.78. The van der Waals surface area contributed by atoms with Gasteiger partial charge in [-0.25, -0.2) is 8.99 Å². The Labute approximate surface area is 205 Å². The van der Waals surface area contributed by atoms with Crippen molar-refractivity contribution in [3.63, 3.8) is 0 Å². The molecule has 0 aromatic heterocycles. The number of rotatable bonds is 6. The number of hydrogen-bond acceptors (Lipinski definition) is 4. The average Bonchev–Trinajstić information content (AvgIpc) is 3.17. The summed E-state index contributed by atoms with van der Waals surface area (Å²) in [6.45, 7) is 8.66. The number of nitrogens with one attached hydrogen (secondary N) is 1. The molecule has 0 bridgehead atoms. The van der Waals surface area contributed by atoms with Gasteiger partial charge in [0.05, 0.1) is 21.9 Å². The Balaban J connectivity index is 1.47. The Kier molecular flexibility index (Phi) is 7.37. The lowest BCUT2D eigenvalue weighted by Crippen LogP contribution is -2.33. The highest BCUT2D eigenvalue weighted by Gasteiger charge is 2.46. The summed E-state index contributed by atoms with van der Waals surface area (Å²) >= 11 is 0. The number of hydrogen-bond donors (Lipinski definition) is 3. The molecule has 6 atom stereocenters. The minimum Gasteiger partial charge on any atom is -0.393 e. The van der Waals surface area contributed by atoms with Gasteiger partial charge in [-0.1, -0.05) is 68.0 Å². The van der Waals surface area contributed by atoms with E-state index in [0.29, 0.717) is 35.3 Å². The molecule has 2 fully saturated rings. The van der Waals surface area contributed by atoms with Gasteiger partial charge >= 0.3 is 0 Å². The highest BCUT2D eigenvalue weighted by atomic mass is 32.2. The van der Waals surface area contributed by atoms with E-state index in [0.717, 1.165) is 43.3 Å². The summed E-state index contributed by atoms with van der Waals surface area (Å²) in [4.78, 5) is 0.627. The van der Waals surface area contributed by atoms with Crippen molar-refractivity contribution in [2.75, 3.05) is 5.75 Å². The monoisotopic (exact) mass is 481 g/mol. The minimum absolute atomic E-state index is 0.0975.